The molecule has 8 heteroatoms. The van der Waals surface area contributed by atoms with Gasteiger partial charge < -0.3 is 5.32 Å². The lowest BCUT2D eigenvalue weighted by atomic mass is 10.0. The largest absolute Gasteiger partial charge is 0.416 e. The van der Waals surface area contributed by atoms with Gasteiger partial charge in [-0.2, -0.15) is 18.3 Å². The van der Waals surface area contributed by atoms with Crippen molar-refractivity contribution >= 4 is 17.5 Å². The molecule has 0 radical (unpaired) electrons. The zero-order chi connectivity index (χ0) is 22.5. The number of carbonyl (C=O) groups excluding carboxylic acids is 1. The lowest BCUT2D eigenvalue weighted by Gasteiger charge is -2.11. The summed E-state index contributed by atoms with van der Waals surface area (Å²) in [5.41, 5.74) is 3.46. The molecule has 0 fully saturated rings. The summed E-state index contributed by atoms with van der Waals surface area (Å²) in [6, 6.07) is 19.2. The first kappa shape index (κ1) is 20.3. The van der Waals surface area contributed by atoms with Crippen molar-refractivity contribution in [3.05, 3.63) is 94.5 Å². The van der Waals surface area contributed by atoms with Crippen LogP contribution in [0.1, 0.15) is 21.5 Å². The molecular weight excluding hydrogens is 439 g/mol. The van der Waals surface area contributed by atoms with E-state index in [-0.39, 0.29) is 11.6 Å². The van der Waals surface area contributed by atoms with Crippen molar-refractivity contribution in [3.63, 3.8) is 0 Å². The predicted molar refractivity (Wildman–Crippen MR) is 116 cm³/mol. The highest BCUT2D eigenvalue weighted by molar-refractivity contribution is 6.30. The molecule has 0 saturated heterocycles. The molecule has 1 amide bonds. The Bertz CT molecular complexity index is 1360. The Morgan fingerprint density at radius 1 is 0.938 bits per heavy atom. The standard InChI is InChI=1S/C24H15ClF3N3O/c25-16-6-1-4-14(10-16)22-12-21(18-8-3-9-19-20(18)13-29-23(19)32)30-31(22)17-7-2-5-15(11-17)24(26,27)28/h1-12H,13H2,(H,29,32). The number of benzene rings is 3. The van der Waals surface area contributed by atoms with E-state index in [1.54, 1.807) is 42.5 Å². The van der Waals surface area contributed by atoms with Crippen molar-refractivity contribution in [1.29, 1.82) is 0 Å². The van der Waals surface area contributed by atoms with Gasteiger partial charge in [-0.25, -0.2) is 4.68 Å². The van der Waals surface area contributed by atoms with Crippen LogP contribution in [0, 0.1) is 0 Å². The van der Waals surface area contributed by atoms with Gasteiger partial charge in [0.25, 0.3) is 5.91 Å². The number of nitrogens with one attached hydrogen (secondary N) is 1. The molecular formula is C24H15ClF3N3O. The van der Waals surface area contributed by atoms with Crippen LogP contribution in [0.15, 0.2) is 72.8 Å². The maximum Gasteiger partial charge on any atom is 0.416 e. The van der Waals surface area contributed by atoms with Crippen molar-refractivity contribution < 1.29 is 18.0 Å². The Morgan fingerprint density at radius 3 is 2.47 bits per heavy atom. The number of alkyl halides is 3. The maximum atomic E-state index is 13.3. The van der Waals surface area contributed by atoms with E-state index >= 15 is 0 Å². The molecule has 3 aromatic carbocycles. The van der Waals surface area contributed by atoms with Gasteiger partial charge in [0, 0.05) is 28.3 Å². The Balaban J connectivity index is 1.73. The smallest absolute Gasteiger partial charge is 0.348 e. The quantitative estimate of drug-likeness (QED) is 0.406. The van der Waals surface area contributed by atoms with E-state index in [4.69, 9.17) is 11.6 Å². The van der Waals surface area contributed by atoms with Gasteiger partial charge in [0.05, 0.1) is 22.6 Å². The van der Waals surface area contributed by atoms with Crippen molar-refractivity contribution in [2.24, 2.45) is 0 Å². The number of nitrogens with zero attached hydrogens (tertiary/aromatic N) is 2. The minimum atomic E-state index is -4.48. The van der Waals surface area contributed by atoms with Gasteiger partial charge in [0.15, 0.2) is 0 Å². The van der Waals surface area contributed by atoms with E-state index in [0.29, 0.717) is 34.1 Å². The van der Waals surface area contributed by atoms with Crippen LogP contribution in [0.3, 0.4) is 0 Å². The van der Waals surface area contributed by atoms with Crippen LogP contribution in [0.25, 0.3) is 28.2 Å². The zero-order valence-electron chi connectivity index (χ0n) is 16.4. The SMILES string of the molecule is O=C1NCc2c1cccc2-c1cc(-c2cccc(Cl)c2)n(-c2cccc(C(F)(F)F)c2)n1. The van der Waals surface area contributed by atoms with Crippen LogP contribution in [0.5, 0.6) is 0 Å². The summed E-state index contributed by atoms with van der Waals surface area (Å²) < 4.78 is 41.5. The molecule has 1 aromatic heterocycles. The second-order valence-electron chi connectivity index (χ2n) is 7.40. The van der Waals surface area contributed by atoms with Gasteiger partial charge in [0.1, 0.15) is 0 Å². The highest BCUT2D eigenvalue weighted by Crippen LogP contribution is 2.35. The summed E-state index contributed by atoms with van der Waals surface area (Å²) in [5.74, 6) is -0.158. The molecule has 0 saturated carbocycles. The van der Waals surface area contributed by atoms with Crippen LogP contribution in [0.2, 0.25) is 5.02 Å². The van der Waals surface area contributed by atoms with E-state index in [2.05, 4.69) is 10.4 Å². The van der Waals surface area contributed by atoms with Gasteiger partial charge in [-0.15, -0.1) is 0 Å². The number of amides is 1. The summed E-state index contributed by atoms with van der Waals surface area (Å²) in [4.78, 5) is 12.1. The Hall–Kier alpha value is -3.58. The minimum Gasteiger partial charge on any atom is -0.348 e. The van der Waals surface area contributed by atoms with Crippen molar-refractivity contribution in [3.8, 4) is 28.2 Å². The van der Waals surface area contributed by atoms with Crippen LogP contribution < -0.4 is 5.32 Å². The third-order valence-corrected chi connectivity index (χ3v) is 5.61. The van der Waals surface area contributed by atoms with E-state index < -0.39 is 11.7 Å². The fourth-order valence-corrected chi connectivity index (χ4v) is 4.06. The van der Waals surface area contributed by atoms with Crippen molar-refractivity contribution in [2.45, 2.75) is 12.7 Å². The van der Waals surface area contributed by atoms with Crippen molar-refractivity contribution in [2.75, 3.05) is 0 Å². The molecule has 1 aliphatic rings. The average molecular weight is 454 g/mol. The number of fused-ring (bicyclic) bond motifs is 1. The molecule has 0 unspecified atom stereocenters. The highest BCUT2D eigenvalue weighted by atomic mass is 35.5. The number of hydrogen-bond acceptors (Lipinski definition) is 2. The molecule has 0 atom stereocenters. The third kappa shape index (κ3) is 3.54. The molecule has 2 heterocycles. The Kier molecular flexibility index (Phi) is 4.78. The number of rotatable bonds is 3. The lowest BCUT2D eigenvalue weighted by molar-refractivity contribution is -0.137. The second kappa shape index (κ2) is 7.53. The topological polar surface area (TPSA) is 46.9 Å². The molecule has 0 bridgehead atoms. The van der Waals surface area contributed by atoms with E-state index in [1.165, 1.54) is 10.7 Å². The monoisotopic (exact) mass is 453 g/mol. The minimum absolute atomic E-state index is 0.158. The summed E-state index contributed by atoms with van der Waals surface area (Å²) in [6.07, 6.45) is -4.48. The Morgan fingerprint density at radius 2 is 1.69 bits per heavy atom. The van der Waals surface area contributed by atoms with Crippen LogP contribution >= 0.6 is 11.6 Å². The first-order valence-electron chi connectivity index (χ1n) is 9.75. The third-order valence-electron chi connectivity index (χ3n) is 5.37. The number of hydrogen-bond donors (Lipinski definition) is 1. The molecule has 160 valence electrons. The summed E-state index contributed by atoms with van der Waals surface area (Å²) in [5, 5.41) is 7.94. The van der Waals surface area contributed by atoms with Crippen LogP contribution in [-0.4, -0.2) is 15.7 Å². The normalized spacial score (nSPS) is 13.2. The van der Waals surface area contributed by atoms with Gasteiger partial charge in [-0.3, -0.25) is 4.79 Å². The van der Waals surface area contributed by atoms with Crippen LogP contribution in [0.4, 0.5) is 13.2 Å². The van der Waals surface area contributed by atoms with Crippen LogP contribution in [-0.2, 0) is 12.7 Å². The lowest BCUT2D eigenvalue weighted by Crippen LogP contribution is -2.12. The first-order chi connectivity index (χ1) is 15.3. The molecule has 1 N–H and O–H groups in total. The average Bonchev–Trinajstić information content (AvgIpc) is 3.38. The fraction of sp³-hybridized carbons (Fsp3) is 0.0833. The number of halogens is 4. The van der Waals surface area contributed by atoms with E-state index in [9.17, 15) is 18.0 Å². The Labute approximate surface area is 186 Å². The summed E-state index contributed by atoms with van der Waals surface area (Å²) in [7, 11) is 0. The predicted octanol–water partition coefficient (Wildman–Crippen LogP) is 6.12. The zero-order valence-corrected chi connectivity index (χ0v) is 17.2. The summed E-state index contributed by atoms with van der Waals surface area (Å²) >= 11 is 6.17. The van der Waals surface area contributed by atoms with Gasteiger partial charge >= 0.3 is 6.18 Å². The van der Waals surface area contributed by atoms with Crippen molar-refractivity contribution in [1.82, 2.24) is 15.1 Å². The van der Waals surface area contributed by atoms with E-state index in [0.717, 1.165) is 23.3 Å². The molecule has 4 aromatic rings. The molecule has 32 heavy (non-hydrogen) atoms. The molecule has 0 spiro atoms. The molecule has 5 rings (SSSR count). The molecule has 1 aliphatic heterocycles. The summed E-state index contributed by atoms with van der Waals surface area (Å²) in [6.45, 7) is 0.368. The van der Waals surface area contributed by atoms with E-state index in [1.807, 2.05) is 12.1 Å². The number of aromatic nitrogens is 2. The van der Waals surface area contributed by atoms with Gasteiger partial charge in [0.2, 0.25) is 0 Å². The number of carbonyl (C=O) groups is 1. The highest BCUT2D eigenvalue weighted by Gasteiger charge is 2.31. The molecule has 0 aliphatic carbocycles. The molecule has 4 nitrogen and oxygen atoms in total. The second-order valence-corrected chi connectivity index (χ2v) is 7.84. The van der Waals surface area contributed by atoms with Gasteiger partial charge in [-0.05, 0) is 48.0 Å². The maximum absolute atomic E-state index is 13.3. The first-order valence-corrected chi connectivity index (χ1v) is 10.1. The van der Waals surface area contributed by atoms with Gasteiger partial charge in [-0.1, -0.05) is 41.9 Å². The fourth-order valence-electron chi connectivity index (χ4n) is 3.87.